The first-order valence-electron chi connectivity index (χ1n) is 4.46. The lowest BCUT2D eigenvalue weighted by molar-refractivity contribution is 0.116. The molecule has 0 bridgehead atoms. The molecule has 0 spiro atoms. The highest BCUT2D eigenvalue weighted by atomic mass is 79.9. The minimum absolute atomic E-state index is 0.285. The molecule has 1 atom stereocenters. The summed E-state index contributed by atoms with van der Waals surface area (Å²) in [7, 11) is 2.90. The van der Waals surface area contributed by atoms with Gasteiger partial charge in [-0.25, -0.2) is 8.78 Å². The van der Waals surface area contributed by atoms with Gasteiger partial charge >= 0.3 is 0 Å². The largest absolute Gasteiger partial charge is 0.493 e. The van der Waals surface area contributed by atoms with Crippen molar-refractivity contribution in [2.75, 3.05) is 14.2 Å². The Labute approximate surface area is 101 Å². The van der Waals surface area contributed by atoms with Gasteiger partial charge in [-0.1, -0.05) is 15.9 Å². The standard InChI is InChI=1S/C10H12BrF2NO2/c1-15-7-3-5(9(14)10(12)13)6(11)4-8(7)16-2/h3-4,9-10H,14H2,1-2H3/t9-/m1/s1. The molecule has 0 unspecified atom stereocenters. The van der Waals surface area contributed by atoms with Crippen LogP contribution in [0.1, 0.15) is 11.6 Å². The van der Waals surface area contributed by atoms with Crippen LogP contribution in [0, 0.1) is 0 Å². The van der Waals surface area contributed by atoms with Crippen molar-refractivity contribution >= 4 is 15.9 Å². The highest BCUT2D eigenvalue weighted by Crippen LogP contribution is 2.36. The highest BCUT2D eigenvalue weighted by Gasteiger charge is 2.22. The predicted octanol–water partition coefficient (Wildman–Crippen LogP) is 2.73. The zero-order chi connectivity index (χ0) is 12.3. The first-order chi connectivity index (χ1) is 7.51. The summed E-state index contributed by atoms with van der Waals surface area (Å²) < 4.78 is 35.5. The molecule has 0 aliphatic heterocycles. The molecule has 0 aromatic heterocycles. The van der Waals surface area contributed by atoms with Crippen molar-refractivity contribution in [3.05, 3.63) is 22.2 Å². The fraction of sp³-hybridized carbons (Fsp3) is 0.400. The second kappa shape index (κ2) is 5.45. The van der Waals surface area contributed by atoms with Crippen molar-refractivity contribution in [3.8, 4) is 11.5 Å². The van der Waals surface area contributed by atoms with E-state index in [1.807, 2.05) is 0 Å². The maximum Gasteiger partial charge on any atom is 0.257 e. The van der Waals surface area contributed by atoms with Gasteiger partial charge in [0.1, 0.15) is 0 Å². The smallest absolute Gasteiger partial charge is 0.257 e. The number of nitrogens with two attached hydrogens (primary N) is 1. The molecule has 3 nitrogen and oxygen atoms in total. The van der Waals surface area contributed by atoms with Gasteiger partial charge in [0.25, 0.3) is 6.43 Å². The first kappa shape index (κ1) is 13.2. The van der Waals surface area contributed by atoms with Crippen molar-refractivity contribution in [2.45, 2.75) is 12.5 Å². The maximum absolute atomic E-state index is 12.5. The van der Waals surface area contributed by atoms with E-state index in [1.165, 1.54) is 20.3 Å². The molecule has 2 N–H and O–H groups in total. The van der Waals surface area contributed by atoms with Crippen molar-refractivity contribution in [1.82, 2.24) is 0 Å². The number of benzene rings is 1. The first-order valence-corrected chi connectivity index (χ1v) is 5.25. The highest BCUT2D eigenvalue weighted by molar-refractivity contribution is 9.10. The van der Waals surface area contributed by atoms with E-state index in [4.69, 9.17) is 15.2 Å². The molecule has 0 aliphatic rings. The number of halogens is 3. The van der Waals surface area contributed by atoms with Gasteiger partial charge in [0, 0.05) is 4.47 Å². The molecule has 0 aliphatic carbocycles. The van der Waals surface area contributed by atoms with Crippen LogP contribution < -0.4 is 15.2 Å². The Bertz CT molecular complexity index is 374. The minimum atomic E-state index is -2.63. The van der Waals surface area contributed by atoms with Gasteiger partial charge in [0.15, 0.2) is 11.5 Å². The van der Waals surface area contributed by atoms with Crippen LogP contribution in [0.5, 0.6) is 11.5 Å². The number of rotatable bonds is 4. The summed E-state index contributed by atoms with van der Waals surface area (Å²) in [4.78, 5) is 0. The molecule has 1 aromatic carbocycles. The Kier molecular flexibility index (Phi) is 4.49. The number of alkyl halides is 2. The van der Waals surface area contributed by atoms with Gasteiger partial charge in [-0.3, -0.25) is 0 Å². The summed E-state index contributed by atoms with van der Waals surface area (Å²) in [6.07, 6.45) is -2.63. The van der Waals surface area contributed by atoms with E-state index in [1.54, 1.807) is 6.07 Å². The van der Waals surface area contributed by atoms with Crippen LogP contribution in [0.15, 0.2) is 16.6 Å². The van der Waals surface area contributed by atoms with Gasteiger partial charge in [0.2, 0.25) is 0 Å². The monoisotopic (exact) mass is 295 g/mol. The van der Waals surface area contributed by atoms with Crippen molar-refractivity contribution < 1.29 is 18.3 Å². The molecule has 0 amide bonds. The lowest BCUT2D eigenvalue weighted by Crippen LogP contribution is -2.19. The topological polar surface area (TPSA) is 44.5 Å². The fourth-order valence-corrected chi connectivity index (χ4v) is 1.85. The Morgan fingerprint density at radius 3 is 2.12 bits per heavy atom. The quantitative estimate of drug-likeness (QED) is 0.929. The van der Waals surface area contributed by atoms with Crippen molar-refractivity contribution in [1.29, 1.82) is 0 Å². The molecule has 0 radical (unpaired) electrons. The number of hydrogen-bond acceptors (Lipinski definition) is 3. The fourth-order valence-electron chi connectivity index (χ4n) is 1.26. The molecular formula is C10H12BrF2NO2. The Morgan fingerprint density at radius 1 is 1.19 bits per heavy atom. The third-order valence-corrected chi connectivity index (χ3v) is 2.82. The molecule has 0 heterocycles. The average Bonchev–Trinajstić information content (AvgIpc) is 2.27. The summed E-state index contributed by atoms with van der Waals surface area (Å²) >= 11 is 3.17. The van der Waals surface area contributed by atoms with E-state index in [2.05, 4.69) is 15.9 Å². The number of methoxy groups -OCH3 is 2. The zero-order valence-corrected chi connectivity index (χ0v) is 10.4. The van der Waals surface area contributed by atoms with Crippen LogP contribution in [-0.4, -0.2) is 20.6 Å². The lowest BCUT2D eigenvalue weighted by Gasteiger charge is -2.16. The molecule has 90 valence electrons. The summed E-state index contributed by atoms with van der Waals surface area (Å²) in [6, 6.07) is 1.64. The molecule has 0 saturated carbocycles. The average molecular weight is 296 g/mol. The molecule has 6 heteroatoms. The van der Waals surface area contributed by atoms with Crippen LogP contribution in [-0.2, 0) is 0 Å². The van der Waals surface area contributed by atoms with E-state index in [-0.39, 0.29) is 5.56 Å². The van der Waals surface area contributed by atoms with Gasteiger partial charge in [-0.15, -0.1) is 0 Å². The van der Waals surface area contributed by atoms with E-state index < -0.39 is 12.5 Å². The third-order valence-electron chi connectivity index (χ3n) is 2.13. The second-order valence-corrected chi connectivity index (χ2v) is 3.94. The lowest BCUT2D eigenvalue weighted by atomic mass is 10.1. The summed E-state index contributed by atoms with van der Waals surface area (Å²) in [6.45, 7) is 0. The van der Waals surface area contributed by atoms with Crippen LogP contribution >= 0.6 is 15.9 Å². The summed E-state index contributed by atoms with van der Waals surface area (Å²) in [5.74, 6) is 0.830. The Balaban J connectivity index is 3.21. The van der Waals surface area contributed by atoms with E-state index in [0.717, 1.165) is 0 Å². The van der Waals surface area contributed by atoms with E-state index in [0.29, 0.717) is 16.0 Å². The molecule has 0 saturated heterocycles. The normalized spacial score (nSPS) is 12.7. The van der Waals surface area contributed by atoms with Crippen LogP contribution in [0.2, 0.25) is 0 Å². The Morgan fingerprint density at radius 2 is 1.69 bits per heavy atom. The van der Waals surface area contributed by atoms with Gasteiger partial charge in [-0.2, -0.15) is 0 Å². The molecule has 1 aromatic rings. The van der Waals surface area contributed by atoms with Gasteiger partial charge < -0.3 is 15.2 Å². The minimum Gasteiger partial charge on any atom is -0.493 e. The van der Waals surface area contributed by atoms with E-state index >= 15 is 0 Å². The number of ether oxygens (including phenoxy) is 2. The molecule has 16 heavy (non-hydrogen) atoms. The predicted molar refractivity (Wildman–Crippen MR) is 60.2 cm³/mol. The van der Waals surface area contributed by atoms with Crippen molar-refractivity contribution in [2.24, 2.45) is 5.73 Å². The number of hydrogen-bond donors (Lipinski definition) is 1. The molecular weight excluding hydrogens is 284 g/mol. The molecule has 1 rings (SSSR count). The SMILES string of the molecule is COc1cc(Br)c([C@@H](N)C(F)F)cc1OC. The summed E-state index contributed by atoms with van der Waals surface area (Å²) in [5, 5.41) is 0. The van der Waals surface area contributed by atoms with Crippen LogP contribution in [0.4, 0.5) is 8.78 Å². The van der Waals surface area contributed by atoms with Crippen molar-refractivity contribution in [3.63, 3.8) is 0 Å². The second-order valence-electron chi connectivity index (χ2n) is 3.09. The van der Waals surface area contributed by atoms with Crippen LogP contribution in [0.3, 0.4) is 0 Å². The summed E-state index contributed by atoms with van der Waals surface area (Å²) in [5.41, 5.74) is 5.66. The molecule has 0 fully saturated rings. The van der Waals surface area contributed by atoms with Gasteiger partial charge in [-0.05, 0) is 17.7 Å². The maximum atomic E-state index is 12.5. The van der Waals surface area contributed by atoms with Gasteiger partial charge in [0.05, 0.1) is 20.3 Å². The van der Waals surface area contributed by atoms with Crippen LogP contribution in [0.25, 0.3) is 0 Å². The third kappa shape index (κ3) is 2.62. The zero-order valence-electron chi connectivity index (χ0n) is 8.84. The Hall–Kier alpha value is -0.880. The van der Waals surface area contributed by atoms with E-state index in [9.17, 15) is 8.78 Å².